The maximum Gasteiger partial charge on any atom is 0.434 e. The topological polar surface area (TPSA) is 55.1 Å². The number of hydrogen-bond acceptors (Lipinski definition) is 2. The molecular formula is C11H6F4N2O2. The number of alkyl halides is 3. The second kappa shape index (κ2) is 4.38. The van der Waals surface area contributed by atoms with Gasteiger partial charge in [-0.3, -0.25) is 0 Å². The Hall–Kier alpha value is -2.38. The van der Waals surface area contributed by atoms with Gasteiger partial charge in [-0.1, -0.05) is 0 Å². The first kappa shape index (κ1) is 13.1. The van der Waals surface area contributed by atoms with Crippen LogP contribution in [0.1, 0.15) is 16.1 Å². The molecule has 0 bridgehead atoms. The van der Waals surface area contributed by atoms with Crippen molar-refractivity contribution in [3.8, 4) is 5.69 Å². The number of carboxylic acids is 1. The van der Waals surface area contributed by atoms with Crippen LogP contribution >= 0.6 is 0 Å². The largest absolute Gasteiger partial charge is 0.478 e. The normalized spacial score (nSPS) is 11.6. The molecule has 0 amide bonds. The molecule has 2 rings (SSSR count). The Kier molecular flexibility index (Phi) is 3.01. The van der Waals surface area contributed by atoms with E-state index < -0.39 is 29.2 Å². The molecule has 8 heteroatoms. The molecule has 1 N–H and O–H groups in total. The van der Waals surface area contributed by atoms with Crippen molar-refractivity contribution in [3.05, 3.63) is 47.8 Å². The summed E-state index contributed by atoms with van der Waals surface area (Å²) in [6, 6.07) is 2.95. The number of nitrogens with zero attached hydrogens (tertiary/aromatic N) is 2. The van der Waals surface area contributed by atoms with Gasteiger partial charge in [0.1, 0.15) is 5.82 Å². The zero-order valence-electron chi connectivity index (χ0n) is 9.15. The van der Waals surface area contributed by atoms with Gasteiger partial charge < -0.3 is 9.67 Å². The highest BCUT2D eigenvalue weighted by Gasteiger charge is 2.33. The third kappa shape index (κ3) is 2.56. The quantitative estimate of drug-likeness (QED) is 0.857. The molecule has 0 aliphatic rings. The van der Waals surface area contributed by atoms with Crippen molar-refractivity contribution < 1.29 is 27.5 Å². The Balaban J connectivity index is 2.45. The Morgan fingerprint density at radius 2 is 2.00 bits per heavy atom. The molecule has 0 radical (unpaired) electrons. The molecule has 1 aromatic carbocycles. The minimum absolute atomic E-state index is 0.0711. The van der Waals surface area contributed by atoms with E-state index in [1.165, 1.54) is 0 Å². The summed E-state index contributed by atoms with van der Waals surface area (Å²) < 4.78 is 51.2. The van der Waals surface area contributed by atoms with Crippen LogP contribution in [-0.4, -0.2) is 20.6 Å². The molecule has 0 saturated heterocycles. The number of rotatable bonds is 2. The van der Waals surface area contributed by atoms with E-state index in [2.05, 4.69) is 4.98 Å². The summed E-state index contributed by atoms with van der Waals surface area (Å²) >= 11 is 0. The van der Waals surface area contributed by atoms with Crippen molar-refractivity contribution in [2.24, 2.45) is 0 Å². The van der Waals surface area contributed by atoms with Gasteiger partial charge in [0.15, 0.2) is 5.69 Å². The van der Waals surface area contributed by atoms with Gasteiger partial charge in [0.25, 0.3) is 0 Å². The standard InChI is InChI=1S/C11H6F4N2O2/c12-8-2-1-6(3-7(8)10(18)19)17-4-9(16-5-17)11(13,14)15/h1-5H,(H,18,19). The van der Waals surface area contributed by atoms with Crippen molar-refractivity contribution in [3.63, 3.8) is 0 Å². The van der Waals surface area contributed by atoms with E-state index in [1.807, 2.05) is 0 Å². The first-order chi connectivity index (χ1) is 8.79. The van der Waals surface area contributed by atoms with Crippen molar-refractivity contribution in [1.29, 1.82) is 0 Å². The van der Waals surface area contributed by atoms with Crippen molar-refractivity contribution >= 4 is 5.97 Å². The van der Waals surface area contributed by atoms with E-state index in [1.54, 1.807) is 0 Å². The number of benzene rings is 1. The van der Waals surface area contributed by atoms with E-state index >= 15 is 0 Å². The lowest BCUT2D eigenvalue weighted by Gasteiger charge is -2.04. The van der Waals surface area contributed by atoms with Crippen LogP contribution in [-0.2, 0) is 6.18 Å². The lowest BCUT2D eigenvalue weighted by molar-refractivity contribution is -0.140. The van der Waals surface area contributed by atoms with Gasteiger partial charge in [-0.15, -0.1) is 0 Å². The molecule has 100 valence electrons. The molecule has 19 heavy (non-hydrogen) atoms. The molecule has 0 aliphatic heterocycles. The van der Waals surface area contributed by atoms with Crippen LogP contribution in [0.2, 0.25) is 0 Å². The predicted octanol–water partition coefficient (Wildman–Crippen LogP) is 2.73. The first-order valence-corrected chi connectivity index (χ1v) is 4.93. The number of carbonyl (C=O) groups is 1. The second-order valence-electron chi connectivity index (χ2n) is 3.63. The van der Waals surface area contributed by atoms with Gasteiger partial charge >= 0.3 is 12.1 Å². The summed E-state index contributed by atoms with van der Waals surface area (Å²) in [5, 5.41) is 8.73. The smallest absolute Gasteiger partial charge is 0.434 e. The average Bonchev–Trinajstić information content (AvgIpc) is 2.78. The minimum Gasteiger partial charge on any atom is -0.478 e. The maximum absolute atomic E-state index is 13.1. The van der Waals surface area contributed by atoms with Gasteiger partial charge in [-0.05, 0) is 18.2 Å². The van der Waals surface area contributed by atoms with Gasteiger partial charge in [-0.25, -0.2) is 14.2 Å². The zero-order chi connectivity index (χ0) is 14.2. The minimum atomic E-state index is -4.60. The molecule has 0 saturated carbocycles. The van der Waals surface area contributed by atoms with Gasteiger partial charge in [0, 0.05) is 11.9 Å². The summed E-state index contributed by atoms with van der Waals surface area (Å²) in [6.45, 7) is 0. The number of aromatic nitrogens is 2. The average molecular weight is 274 g/mol. The second-order valence-corrected chi connectivity index (χ2v) is 3.63. The Morgan fingerprint density at radius 3 is 2.53 bits per heavy atom. The highest BCUT2D eigenvalue weighted by molar-refractivity contribution is 5.88. The van der Waals surface area contributed by atoms with E-state index in [0.717, 1.165) is 29.1 Å². The molecule has 1 aromatic heterocycles. The third-order valence-corrected chi connectivity index (χ3v) is 2.35. The van der Waals surface area contributed by atoms with Crippen molar-refractivity contribution in [1.82, 2.24) is 9.55 Å². The fourth-order valence-electron chi connectivity index (χ4n) is 1.45. The van der Waals surface area contributed by atoms with Crippen molar-refractivity contribution in [2.45, 2.75) is 6.18 Å². The zero-order valence-corrected chi connectivity index (χ0v) is 9.15. The van der Waals surface area contributed by atoms with E-state index in [4.69, 9.17) is 5.11 Å². The summed E-state index contributed by atoms with van der Waals surface area (Å²) in [5.41, 5.74) is -1.67. The van der Waals surface area contributed by atoms with Crippen LogP contribution in [0.5, 0.6) is 0 Å². The molecule has 0 unspecified atom stereocenters. The summed E-state index contributed by atoms with van der Waals surface area (Å²) in [5.74, 6) is -2.47. The lowest BCUT2D eigenvalue weighted by Crippen LogP contribution is -2.05. The number of carboxylic acid groups (broad SMARTS) is 1. The molecule has 4 nitrogen and oxygen atoms in total. The highest BCUT2D eigenvalue weighted by atomic mass is 19.4. The summed E-state index contributed by atoms with van der Waals surface area (Å²) in [6.07, 6.45) is -3.03. The number of hydrogen-bond donors (Lipinski definition) is 1. The van der Waals surface area contributed by atoms with Gasteiger partial charge in [0.05, 0.1) is 11.9 Å². The number of aromatic carboxylic acids is 1. The van der Waals surface area contributed by atoms with E-state index in [0.29, 0.717) is 6.20 Å². The van der Waals surface area contributed by atoms with Crippen LogP contribution in [0.3, 0.4) is 0 Å². The number of halogens is 4. The monoisotopic (exact) mass is 274 g/mol. The summed E-state index contributed by atoms with van der Waals surface area (Å²) in [4.78, 5) is 13.9. The molecule has 0 spiro atoms. The molecule has 1 heterocycles. The van der Waals surface area contributed by atoms with E-state index in [-0.39, 0.29) is 5.69 Å². The van der Waals surface area contributed by atoms with E-state index in [9.17, 15) is 22.4 Å². The lowest BCUT2D eigenvalue weighted by atomic mass is 10.2. The van der Waals surface area contributed by atoms with Crippen LogP contribution in [0.4, 0.5) is 17.6 Å². The Morgan fingerprint density at radius 1 is 1.32 bits per heavy atom. The SMILES string of the molecule is O=C(O)c1cc(-n2cnc(C(F)(F)F)c2)ccc1F. The Labute approximate surface area is 103 Å². The van der Waals surface area contributed by atoms with Crippen molar-refractivity contribution in [2.75, 3.05) is 0 Å². The van der Waals surface area contributed by atoms with Crippen LogP contribution in [0.15, 0.2) is 30.7 Å². The molecule has 2 aromatic rings. The van der Waals surface area contributed by atoms with Crippen LogP contribution in [0.25, 0.3) is 5.69 Å². The molecule has 0 fully saturated rings. The molecular weight excluding hydrogens is 268 g/mol. The van der Waals surface area contributed by atoms with Crippen LogP contribution in [0, 0.1) is 5.82 Å². The predicted molar refractivity (Wildman–Crippen MR) is 55.5 cm³/mol. The van der Waals surface area contributed by atoms with Crippen LogP contribution < -0.4 is 0 Å². The Bertz CT molecular complexity index is 634. The fraction of sp³-hybridized carbons (Fsp3) is 0.0909. The molecule has 0 aliphatic carbocycles. The first-order valence-electron chi connectivity index (χ1n) is 4.93. The van der Waals surface area contributed by atoms with Gasteiger partial charge in [-0.2, -0.15) is 13.2 Å². The number of imidazole rings is 1. The summed E-state index contributed by atoms with van der Waals surface area (Å²) in [7, 11) is 0. The molecule has 0 atom stereocenters. The third-order valence-electron chi connectivity index (χ3n) is 2.35. The highest BCUT2D eigenvalue weighted by Crippen LogP contribution is 2.28. The van der Waals surface area contributed by atoms with Gasteiger partial charge in [0.2, 0.25) is 0 Å². The fourth-order valence-corrected chi connectivity index (χ4v) is 1.45. The maximum atomic E-state index is 13.1.